The van der Waals surface area contributed by atoms with Gasteiger partial charge in [-0.05, 0) is 54.2 Å². The Labute approximate surface area is 205 Å². The summed E-state index contributed by atoms with van der Waals surface area (Å²) in [6.07, 6.45) is -0.602. The van der Waals surface area contributed by atoms with E-state index in [1.165, 1.54) is 0 Å². The average molecular weight is 474 g/mol. The maximum Gasteiger partial charge on any atom is 0.407 e. The zero-order valence-electron chi connectivity index (χ0n) is 20.3. The minimum Gasteiger partial charge on any atom is -0.480 e. The smallest absolute Gasteiger partial charge is 0.407 e. The predicted octanol–water partition coefficient (Wildman–Crippen LogP) is 5.54. The highest BCUT2D eigenvalue weighted by molar-refractivity contribution is 5.81. The first kappa shape index (κ1) is 24.5. The summed E-state index contributed by atoms with van der Waals surface area (Å²) in [5, 5.41) is 12.2. The molecule has 2 N–H and O–H groups in total. The van der Waals surface area contributed by atoms with Crippen molar-refractivity contribution in [1.29, 1.82) is 0 Å². The second-order valence-corrected chi connectivity index (χ2v) is 9.79. The van der Waals surface area contributed by atoms with Crippen molar-refractivity contribution >= 4 is 12.1 Å². The van der Waals surface area contributed by atoms with Crippen LogP contribution in [0.4, 0.5) is 4.79 Å². The fraction of sp³-hybridized carbons (Fsp3) is 0.310. The van der Waals surface area contributed by atoms with E-state index in [4.69, 9.17) is 9.47 Å². The van der Waals surface area contributed by atoms with E-state index < -0.39 is 18.1 Å². The summed E-state index contributed by atoms with van der Waals surface area (Å²) in [5.74, 6) is -1.20. The van der Waals surface area contributed by atoms with Gasteiger partial charge in [-0.25, -0.2) is 9.59 Å². The van der Waals surface area contributed by atoms with Crippen molar-refractivity contribution in [3.63, 3.8) is 0 Å². The maximum absolute atomic E-state index is 12.6. The van der Waals surface area contributed by atoms with Gasteiger partial charge in [0, 0.05) is 12.3 Å². The molecular weight excluding hydrogens is 442 g/mol. The number of nitrogens with one attached hydrogen (secondary N) is 1. The third-order valence-electron chi connectivity index (χ3n) is 6.04. The van der Waals surface area contributed by atoms with Crippen molar-refractivity contribution < 1.29 is 24.2 Å². The summed E-state index contributed by atoms with van der Waals surface area (Å²) < 4.78 is 11.3. The number of ether oxygens (including phenoxy) is 2. The Kier molecular flexibility index (Phi) is 7.22. The molecule has 0 radical (unpaired) electrons. The van der Waals surface area contributed by atoms with Gasteiger partial charge >= 0.3 is 12.1 Å². The molecule has 0 aliphatic heterocycles. The standard InChI is InChI=1S/C29H31NO5/c1-29(2,3)35-17-20-10-8-9-19(15-20)16-26(27(31)32)30-28(33)34-18-25-23-13-6-4-11-21(23)22-12-5-7-14-24(22)25/h4-15,25-26H,16-18H2,1-3H3,(H,30,33)(H,31,32)/t26-/m0/s1. The first-order valence-corrected chi connectivity index (χ1v) is 11.8. The Bertz CT molecular complexity index is 1170. The summed E-state index contributed by atoms with van der Waals surface area (Å²) in [6, 6.07) is 22.6. The Morgan fingerprint density at radius 3 is 2.11 bits per heavy atom. The lowest BCUT2D eigenvalue weighted by Gasteiger charge is -2.20. The first-order chi connectivity index (χ1) is 16.7. The summed E-state index contributed by atoms with van der Waals surface area (Å²) in [5.41, 5.74) is 5.95. The van der Waals surface area contributed by atoms with Crippen LogP contribution in [0.2, 0.25) is 0 Å². The molecule has 35 heavy (non-hydrogen) atoms. The van der Waals surface area contributed by atoms with Crippen molar-refractivity contribution in [2.75, 3.05) is 6.61 Å². The van der Waals surface area contributed by atoms with Gasteiger partial charge in [-0.2, -0.15) is 0 Å². The van der Waals surface area contributed by atoms with Crippen molar-refractivity contribution in [2.24, 2.45) is 0 Å². The van der Waals surface area contributed by atoms with Crippen molar-refractivity contribution in [1.82, 2.24) is 5.32 Å². The SMILES string of the molecule is CC(C)(C)OCc1cccc(C[C@H](NC(=O)OCC2c3ccccc3-c3ccccc32)C(=O)O)c1. The molecule has 0 fully saturated rings. The lowest BCUT2D eigenvalue weighted by Crippen LogP contribution is -2.42. The lowest BCUT2D eigenvalue weighted by atomic mass is 9.98. The van der Waals surface area contributed by atoms with E-state index in [1.807, 2.05) is 81.4 Å². The number of amides is 1. The molecule has 6 nitrogen and oxygen atoms in total. The summed E-state index contributed by atoms with van der Waals surface area (Å²) >= 11 is 0. The number of carboxylic acid groups (broad SMARTS) is 1. The van der Waals surface area contributed by atoms with Gasteiger partial charge in [0.2, 0.25) is 0 Å². The van der Waals surface area contributed by atoms with Gasteiger partial charge < -0.3 is 19.9 Å². The fourth-order valence-corrected chi connectivity index (χ4v) is 4.36. The monoisotopic (exact) mass is 473 g/mol. The molecule has 0 heterocycles. The van der Waals surface area contributed by atoms with E-state index >= 15 is 0 Å². The van der Waals surface area contributed by atoms with Crippen LogP contribution in [0.15, 0.2) is 72.8 Å². The highest BCUT2D eigenvalue weighted by Gasteiger charge is 2.29. The second-order valence-electron chi connectivity index (χ2n) is 9.79. The van der Waals surface area contributed by atoms with Crippen LogP contribution in [0.25, 0.3) is 11.1 Å². The molecule has 1 aliphatic carbocycles. The molecule has 1 aliphatic rings. The van der Waals surface area contributed by atoms with Crippen LogP contribution in [0.3, 0.4) is 0 Å². The van der Waals surface area contributed by atoms with Gasteiger partial charge in [-0.1, -0.05) is 72.8 Å². The molecule has 0 aromatic heterocycles. The van der Waals surface area contributed by atoms with Crippen LogP contribution >= 0.6 is 0 Å². The Morgan fingerprint density at radius 1 is 0.914 bits per heavy atom. The molecule has 1 atom stereocenters. The van der Waals surface area contributed by atoms with Gasteiger partial charge in [-0.3, -0.25) is 0 Å². The number of alkyl carbamates (subject to hydrolysis) is 1. The molecule has 182 valence electrons. The number of benzene rings is 3. The average Bonchev–Trinajstić information content (AvgIpc) is 3.14. The molecule has 4 rings (SSSR count). The quantitative estimate of drug-likeness (QED) is 0.449. The van der Waals surface area contributed by atoms with Gasteiger partial charge in [0.15, 0.2) is 0 Å². The fourth-order valence-electron chi connectivity index (χ4n) is 4.36. The highest BCUT2D eigenvalue weighted by Crippen LogP contribution is 2.44. The summed E-state index contributed by atoms with van der Waals surface area (Å²) in [7, 11) is 0. The van der Waals surface area contributed by atoms with Gasteiger partial charge in [0.25, 0.3) is 0 Å². The van der Waals surface area contributed by atoms with E-state index in [-0.39, 0.29) is 24.5 Å². The summed E-state index contributed by atoms with van der Waals surface area (Å²) in [4.78, 5) is 24.5. The topological polar surface area (TPSA) is 84.9 Å². The van der Waals surface area contributed by atoms with E-state index in [2.05, 4.69) is 17.4 Å². The second kappa shape index (κ2) is 10.3. The number of fused-ring (bicyclic) bond motifs is 3. The molecule has 1 amide bonds. The molecule has 6 heteroatoms. The number of aliphatic carboxylic acids is 1. The number of carboxylic acids is 1. The van der Waals surface area contributed by atoms with E-state index in [0.717, 1.165) is 33.4 Å². The number of carbonyl (C=O) groups excluding carboxylic acids is 1. The number of rotatable bonds is 8. The van der Waals surface area contributed by atoms with Crippen LogP contribution in [0.5, 0.6) is 0 Å². The predicted molar refractivity (Wildman–Crippen MR) is 134 cm³/mol. The molecule has 0 unspecified atom stereocenters. The van der Waals surface area contributed by atoms with E-state index in [0.29, 0.717) is 6.61 Å². The molecule has 0 saturated heterocycles. The molecule has 3 aromatic carbocycles. The molecule has 0 saturated carbocycles. The Morgan fingerprint density at radius 2 is 1.51 bits per heavy atom. The molecular formula is C29H31NO5. The Balaban J connectivity index is 1.39. The highest BCUT2D eigenvalue weighted by atomic mass is 16.5. The third kappa shape index (κ3) is 6.08. The van der Waals surface area contributed by atoms with Crippen LogP contribution < -0.4 is 5.32 Å². The van der Waals surface area contributed by atoms with Crippen LogP contribution in [-0.2, 0) is 27.3 Å². The Hall–Kier alpha value is -3.64. The lowest BCUT2D eigenvalue weighted by molar-refractivity contribution is -0.139. The van der Waals surface area contributed by atoms with Crippen molar-refractivity contribution in [2.45, 2.75) is 51.4 Å². The molecule has 3 aromatic rings. The normalized spacial score (nSPS) is 13.6. The van der Waals surface area contributed by atoms with Crippen LogP contribution in [0.1, 0.15) is 48.9 Å². The van der Waals surface area contributed by atoms with Crippen LogP contribution in [0, 0.1) is 0 Å². The minimum absolute atomic E-state index is 0.0871. The first-order valence-electron chi connectivity index (χ1n) is 11.8. The largest absolute Gasteiger partial charge is 0.480 e. The van der Waals surface area contributed by atoms with Crippen molar-refractivity contribution in [3.05, 3.63) is 95.1 Å². The number of hydrogen-bond acceptors (Lipinski definition) is 4. The van der Waals surface area contributed by atoms with E-state index in [9.17, 15) is 14.7 Å². The van der Waals surface area contributed by atoms with Crippen LogP contribution in [-0.4, -0.2) is 35.4 Å². The van der Waals surface area contributed by atoms with Gasteiger partial charge in [0.05, 0.1) is 12.2 Å². The number of carbonyl (C=O) groups is 2. The maximum atomic E-state index is 12.6. The minimum atomic E-state index is -1.12. The van der Waals surface area contributed by atoms with E-state index in [1.54, 1.807) is 0 Å². The molecule has 0 bridgehead atoms. The summed E-state index contributed by atoms with van der Waals surface area (Å²) in [6.45, 7) is 6.50. The molecule has 0 spiro atoms. The third-order valence-corrected chi connectivity index (χ3v) is 6.04. The van der Waals surface area contributed by atoms with Gasteiger partial charge in [0.1, 0.15) is 12.6 Å². The zero-order chi connectivity index (χ0) is 25.0. The van der Waals surface area contributed by atoms with Crippen molar-refractivity contribution in [3.8, 4) is 11.1 Å². The van der Waals surface area contributed by atoms with Gasteiger partial charge in [-0.15, -0.1) is 0 Å². The zero-order valence-corrected chi connectivity index (χ0v) is 20.3. The number of hydrogen-bond donors (Lipinski definition) is 2.